The molecule has 0 bridgehead atoms. The quantitative estimate of drug-likeness (QED) is 0.864. The lowest BCUT2D eigenvalue weighted by atomic mass is 9.68. The van der Waals surface area contributed by atoms with Crippen molar-refractivity contribution in [1.82, 2.24) is 10.6 Å². The van der Waals surface area contributed by atoms with Crippen molar-refractivity contribution in [1.29, 1.82) is 0 Å². The van der Waals surface area contributed by atoms with Crippen molar-refractivity contribution >= 4 is 11.8 Å². The van der Waals surface area contributed by atoms with Crippen LogP contribution in [0.1, 0.15) is 51.5 Å². The monoisotopic (exact) mass is 342 g/mol. The predicted molar refractivity (Wildman–Crippen MR) is 98.9 cm³/mol. The highest BCUT2D eigenvalue weighted by atomic mass is 16.2. The van der Waals surface area contributed by atoms with Gasteiger partial charge in [-0.1, -0.05) is 44.2 Å². The summed E-state index contributed by atoms with van der Waals surface area (Å²) >= 11 is 0. The third kappa shape index (κ3) is 4.42. The summed E-state index contributed by atoms with van der Waals surface area (Å²) in [5, 5.41) is 6.36. The van der Waals surface area contributed by atoms with Gasteiger partial charge in [-0.3, -0.25) is 9.59 Å². The summed E-state index contributed by atoms with van der Waals surface area (Å²) in [7, 11) is 0. The Labute approximate surface area is 150 Å². The highest BCUT2D eigenvalue weighted by molar-refractivity contribution is 5.80. The molecule has 1 saturated carbocycles. The van der Waals surface area contributed by atoms with Crippen LogP contribution in [0.15, 0.2) is 30.3 Å². The summed E-state index contributed by atoms with van der Waals surface area (Å²) in [4.78, 5) is 24.3. The number of aryl methyl sites for hydroxylation is 1. The fraction of sp³-hybridized carbons (Fsp3) is 0.619. The van der Waals surface area contributed by atoms with Gasteiger partial charge in [0.05, 0.1) is 0 Å². The maximum absolute atomic E-state index is 12.2. The Morgan fingerprint density at radius 3 is 2.72 bits per heavy atom. The van der Waals surface area contributed by atoms with Crippen molar-refractivity contribution in [3.63, 3.8) is 0 Å². The average molecular weight is 342 g/mol. The van der Waals surface area contributed by atoms with E-state index in [2.05, 4.69) is 29.7 Å². The highest BCUT2D eigenvalue weighted by Gasteiger charge is 2.42. The molecular weight excluding hydrogens is 312 g/mol. The van der Waals surface area contributed by atoms with E-state index in [0.717, 1.165) is 32.1 Å². The molecule has 1 aliphatic heterocycles. The first-order chi connectivity index (χ1) is 12.0. The van der Waals surface area contributed by atoms with Gasteiger partial charge in [-0.15, -0.1) is 0 Å². The topological polar surface area (TPSA) is 58.2 Å². The van der Waals surface area contributed by atoms with Crippen LogP contribution in [0, 0.1) is 17.8 Å². The van der Waals surface area contributed by atoms with Crippen molar-refractivity contribution in [2.45, 2.75) is 64.5 Å². The van der Waals surface area contributed by atoms with Crippen LogP contribution in [0.25, 0.3) is 0 Å². The van der Waals surface area contributed by atoms with Gasteiger partial charge in [0.2, 0.25) is 11.8 Å². The first-order valence-electron chi connectivity index (χ1n) is 9.68. The van der Waals surface area contributed by atoms with E-state index in [0.29, 0.717) is 18.3 Å². The Balaban J connectivity index is 1.43. The van der Waals surface area contributed by atoms with Crippen LogP contribution in [-0.2, 0) is 16.0 Å². The van der Waals surface area contributed by atoms with Crippen molar-refractivity contribution in [3.05, 3.63) is 35.9 Å². The number of rotatable bonds is 5. The lowest BCUT2D eigenvalue weighted by molar-refractivity contribution is -0.132. The van der Waals surface area contributed by atoms with E-state index in [1.165, 1.54) is 5.56 Å². The van der Waals surface area contributed by atoms with Crippen molar-refractivity contribution < 1.29 is 9.59 Å². The lowest BCUT2D eigenvalue weighted by Gasteiger charge is -2.45. The van der Waals surface area contributed by atoms with Crippen LogP contribution in [0.3, 0.4) is 0 Å². The minimum absolute atomic E-state index is 0.102. The van der Waals surface area contributed by atoms with Crippen molar-refractivity contribution in [2.75, 3.05) is 0 Å². The van der Waals surface area contributed by atoms with E-state index in [4.69, 9.17) is 0 Å². The van der Waals surface area contributed by atoms with E-state index in [-0.39, 0.29) is 29.8 Å². The number of carbonyl (C=O) groups is 2. The highest BCUT2D eigenvalue weighted by Crippen LogP contribution is 2.37. The molecule has 4 heteroatoms. The molecule has 1 aliphatic carbocycles. The number of hydrogen-bond acceptors (Lipinski definition) is 2. The molecule has 2 amide bonds. The molecule has 136 valence electrons. The van der Waals surface area contributed by atoms with Gasteiger partial charge in [0, 0.05) is 24.4 Å². The van der Waals surface area contributed by atoms with Crippen LogP contribution in [-0.4, -0.2) is 23.9 Å². The van der Waals surface area contributed by atoms with Gasteiger partial charge in [0.15, 0.2) is 0 Å². The number of amides is 2. The SMILES string of the molecule is CC1C(=O)NC2CC(NC(=O)CCCc3ccccc3)CCC2C1C. The molecule has 5 unspecified atom stereocenters. The second-order valence-electron chi connectivity index (χ2n) is 7.84. The van der Waals surface area contributed by atoms with Crippen LogP contribution >= 0.6 is 0 Å². The molecule has 3 rings (SSSR count). The van der Waals surface area contributed by atoms with Gasteiger partial charge in [0.1, 0.15) is 0 Å². The Hall–Kier alpha value is -1.84. The van der Waals surface area contributed by atoms with Crippen LogP contribution in [0.4, 0.5) is 0 Å². The Kier molecular flexibility index (Phi) is 5.77. The largest absolute Gasteiger partial charge is 0.353 e. The number of benzene rings is 1. The molecule has 1 aromatic carbocycles. The lowest BCUT2D eigenvalue weighted by Crippen LogP contribution is -2.57. The van der Waals surface area contributed by atoms with E-state index < -0.39 is 0 Å². The van der Waals surface area contributed by atoms with E-state index >= 15 is 0 Å². The summed E-state index contributed by atoms with van der Waals surface area (Å²) in [6.45, 7) is 4.22. The number of hydrogen-bond donors (Lipinski definition) is 2. The summed E-state index contributed by atoms with van der Waals surface area (Å²) in [6.07, 6.45) is 5.37. The third-order valence-electron chi connectivity index (χ3n) is 6.19. The van der Waals surface area contributed by atoms with Gasteiger partial charge in [-0.05, 0) is 49.5 Å². The van der Waals surface area contributed by atoms with Crippen LogP contribution < -0.4 is 10.6 Å². The Morgan fingerprint density at radius 1 is 1.20 bits per heavy atom. The summed E-state index contributed by atoms with van der Waals surface area (Å²) in [6, 6.07) is 10.7. The van der Waals surface area contributed by atoms with Gasteiger partial charge in [-0.25, -0.2) is 0 Å². The molecule has 5 atom stereocenters. The summed E-state index contributed by atoms with van der Waals surface area (Å²) in [5.74, 6) is 1.40. The first kappa shape index (κ1) is 18.0. The standard InChI is InChI=1S/C21H30N2O2/c1-14-15(2)21(25)23-19-13-17(11-12-18(14)19)22-20(24)10-6-9-16-7-4-3-5-8-16/h3-5,7-8,14-15,17-19H,6,9-13H2,1-2H3,(H,22,24)(H,23,25). The fourth-order valence-electron chi connectivity index (χ4n) is 4.44. The summed E-state index contributed by atoms with van der Waals surface area (Å²) < 4.78 is 0. The average Bonchev–Trinajstić information content (AvgIpc) is 2.60. The third-order valence-corrected chi connectivity index (χ3v) is 6.19. The maximum Gasteiger partial charge on any atom is 0.223 e. The predicted octanol–water partition coefficient (Wildman–Crippen LogP) is 3.06. The molecule has 2 N–H and O–H groups in total. The zero-order valence-electron chi connectivity index (χ0n) is 15.3. The van der Waals surface area contributed by atoms with Crippen LogP contribution in [0.2, 0.25) is 0 Å². The number of carbonyl (C=O) groups excluding carboxylic acids is 2. The Bertz CT molecular complexity index is 601. The first-order valence-corrected chi connectivity index (χ1v) is 9.68. The fourth-order valence-corrected chi connectivity index (χ4v) is 4.44. The van der Waals surface area contributed by atoms with E-state index in [1.807, 2.05) is 25.1 Å². The molecule has 2 aliphatic rings. The van der Waals surface area contributed by atoms with Crippen molar-refractivity contribution in [3.8, 4) is 0 Å². The van der Waals surface area contributed by atoms with Crippen molar-refractivity contribution in [2.24, 2.45) is 17.8 Å². The Morgan fingerprint density at radius 2 is 1.96 bits per heavy atom. The molecule has 0 spiro atoms. The molecule has 1 saturated heterocycles. The molecule has 25 heavy (non-hydrogen) atoms. The molecule has 1 heterocycles. The molecule has 4 nitrogen and oxygen atoms in total. The molecular formula is C21H30N2O2. The van der Waals surface area contributed by atoms with Crippen LogP contribution in [0.5, 0.6) is 0 Å². The zero-order valence-corrected chi connectivity index (χ0v) is 15.3. The van der Waals surface area contributed by atoms with Gasteiger partial charge in [0.25, 0.3) is 0 Å². The van der Waals surface area contributed by atoms with E-state index in [1.54, 1.807) is 0 Å². The molecule has 0 radical (unpaired) electrons. The number of nitrogens with one attached hydrogen (secondary N) is 2. The molecule has 0 aromatic heterocycles. The maximum atomic E-state index is 12.2. The minimum atomic E-state index is 0.102. The minimum Gasteiger partial charge on any atom is -0.353 e. The van der Waals surface area contributed by atoms with Gasteiger partial charge >= 0.3 is 0 Å². The number of piperidine rings is 1. The normalized spacial score (nSPS) is 31.8. The van der Waals surface area contributed by atoms with Gasteiger partial charge in [-0.2, -0.15) is 0 Å². The zero-order chi connectivity index (χ0) is 17.8. The smallest absolute Gasteiger partial charge is 0.223 e. The van der Waals surface area contributed by atoms with Gasteiger partial charge < -0.3 is 10.6 Å². The molecule has 2 fully saturated rings. The summed E-state index contributed by atoms with van der Waals surface area (Å²) in [5.41, 5.74) is 1.28. The second-order valence-corrected chi connectivity index (χ2v) is 7.84. The molecule has 1 aromatic rings. The second kappa shape index (κ2) is 8.03. The number of fused-ring (bicyclic) bond motifs is 1. The van der Waals surface area contributed by atoms with E-state index in [9.17, 15) is 9.59 Å².